The third kappa shape index (κ3) is 4.79. The van der Waals surface area contributed by atoms with Crippen LogP contribution in [0, 0.1) is 0 Å². The van der Waals surface area contributed by atoms with Crippen LogP contribution in [-0.4, -0.2) is 28.9 Å². The molecule has 0 spiro atoms. The number of carbonyl (C=O) groups excluding carboxylic acids is 1. The second-order valence-corrected chi connectivity index (χ2v) is 5.35. The molecule has 0 saturated carbocycles. The van der Waals surface area contributed by atoms with Crippen LogP contribution in [0.25, 0.3) is 0 Å². The van der Waals surface area contributed by atoms with E-state index in [0.717, 1.165) is 25.2 Å². The first kappa shape index (κ1) is 17.0. The number of amides is 1. The van der Waals surface area contributed by atoms with E-state index in [1.807, 2.05) is 18.2 Å². The molecule has 122 valence electrons. The molecule has 1 amide bonds. The van der Waals surface area contributed by atoms with Gasteiger partial charge in [0.15, 0.2) is 0 Å². The predicted molar refractivity (Wildman–Crippen MR) is 91.3 cm³/mol. The number of hydrogen-bond acceptors (Lipinski definition) is 3. The summed E-state index contributed by atoms with van der Waals surface area (Å²) in [5.74, 6) is -0.195. The Kier molecular flexibility index (Phi) is 6.11. The van der Waals surface area contributed by atoms with Gasteiger partial charge in [-0.1, -0.05) is 38.1 Å². The van der Waals surface area contributed by atoms with Crippen LogP contribution < -0.4 is 10.9 Å². The minimum Gasteiger partial charge on any atom is -0.348 e. The van der Waals surface area contributed by atoms with Crippen molar-refractivity contribution in [3.8, 4) is 0 Å². The number of carbonyl (C=O) groups is 1. The summed E-state index contributed by atoms with van der Waals surface area (Å²) in [7, 11) is 0. The zero-order chi connectivity index (χ0) is 16.7. The topological polar surface area (TPSA) is 65.2 Å². The summed E-state index contributed by atoms with van der Waals surface area (Å²) in [5, 5.41) is 2.90. The van der Waals surface area contributed by atoms with Crippen LogP contribution in [-0.2, 0) is 13.1 Å². The average molecular weight is 313 g/mol. The van der Waals surface area contributed by atoms with Crippen molar-refractivity contribution >= 4 is 5.91 Å². The zero-order valence-electron chi connectivity index (χ0n) is 13.6. The van der Waals surface area contributed by atoms with E-state index in [4.69, 9.17) is 0 Å². The lowest BCUT2D eigenvalue weighted by Crippen LogP contribution is -2.26. The molecule has 0 aliphatic carbocycles. The van der Waals surface area contributed by atoms with Crippen molar-refractivity contribution in [1.82, 2.24) is 15.2 Å². The largest absolute Gasteiger partial charge is 0.348 e. The molecule has 5 heteroatoms. The molecule has 2 rings (SSSR count). The molecule has 1 aromatic carbocycles. The minimum absolute atomic E-state index is 0.195. The molecule has 0 aliphatic heterocycles. The predicted octanol–water partition coefficient (Wildman–Crippen LogP) is 2.15. The minimum atomic E-state index is -0.217. The van der Waals surface area contributed by atoms with Gasteiger partial charge in [-0.25, -0.2) is 0 Å². The summed E-state index contributed by atoms with van der Waals surface area (Å²) < 4.78 is 0. The highest BCUT2D eigenvalue weighted by molar-refractivity contribution is 5.93. The van der Waals surface area contributed by atoms with Gasteiger partial charge in [0.2, 0.25) is 5.56 Å². The fourth-order valence-corrected chi connectivity index (χ4v) is 2.40. The van der Waals surface area contributed by atoms with Crippen LogP contribution in [0.15, 0.2) is 47.4 Å². The third-order valence-corrected chi connectivity index (χ3v) is 3.89. The zero-order valence-corrected chi connectivity index (χ0v) is 13.6. The van der Waals surface area contributed by atoms with Gasteiger partial charge in [-0.3, -0.25) is 14.5 Å². The normalized spacial score (nSPS) is 10.7. The molecular formula is C18H23N3O2. The Morgan fingerprint density at radius 3 is 2.39 bits per heavy atom. The van der Waals surface area contributed by atoms with E-state index in [0.29, 0.717) is 12.1 Å². The quantitative estimate of drug-likeness (QED) is 0.823. The molecule has 0 unspecified atom stereocenters. The van der Waals surface area contributed by atoms with Gasteiger partial charge in [0.1, 0.15) is 0 Å². The van der Waals surface area contributed by atoms with Crippen LogP contribution in [0.5, 0.6) is 0 Å². The lowest BCUT2D eigenvalue weighted by atomic mass is 10.1. The van der Waals surface area contributed by atoms with Crippen molar-refractivity contribution < 1.29 is 4.79 Å². The highest BCUT2D eigenvalue weighted by Gasteiger charge is 2.09. The van der Waals surface area contributed by atoms with Crippen molar-refractivity contribution in [1.29, 1.82) is 0 Å². The first-order chi connectivity index (χ1) is 11.1. The SMILES string of the molecule is CCN(CC)Cc1ccccc1CNC(=O)c1ccc(=O)[nH]c1. The van der Waals surface area contributed by atoms with E-state index in [1.165, 1.54) is 23.9 Å². The number of nitrogens with one attached hydrogen (secondary N) is 2. The van der Waals surface area contributed by atoms with Crippen molar-refractivity contribution in [2.24, 2.45) is 0 Å². The monoisotopic (exact) mass is 313 g/mol. The summed E-state index contributed by atoms with van der Waals surface area (Å²) in [6, 6.07) is 11.0. The fraction of sp³-hybridized carbons (Fsp3) is 0.333. The summed E-state index contributed by atoms with van der Waals surface area (Å²) in [4.78, 5) is 28.0. The lowest BCUT2D eigenvalue weighted by Gasteiger charge is -2.20. The Balaban J connectivity index is 2.04. The smallest absolute Gasteiger partial charge is 0.253 e. The van der Waals surface area contributed by atoms with E-state index in [1.54, 1.807) is 0 Å². The average Bonchev–Trinajstić information content (AvgIpc) is 2.59. The van der Waals surface area contributed by atoms with Gasteiger partial charge in [-0.2, -0.15) is 0 Å². The maximum atomic E-state index is 12.1. The molecule has 1 heterocycles. The van der Waals surface area contributed by atoms with Crippen LogP contribution in [0.1, 0.15) is 35.3 Å². The second kappa shape index (κ2) is 8.29. The van der Waals surface area contributed by atoms with E-state index < -0.39 is 0 Å². The molecular weight excluding hydrogens is 290 g/mol. The van der Waals surface area contributed by atoms with Gasteiger partial charge in [0.25, 0.3) is 5.91 Å². The number of aromatic amines is 1. The molecule has 2 aromatic rings. The van der Waals surface area contributed by atoms with Gasteiger partial charge < -0.3 is 10.3 Å². The Bertz CT molecular complexity index is 685. The molecule has 0 bridgehead atoms. The molecule has 0 saturated heterocycles. The summed E-state index contributed by atoms with van der Waals surface area (Å²) in [6.07, 6.45) is 1.43. The molecule has 0 atom stereocenters. The second-order valence-electron chi connectivity index (χ2n) is 5.35. The van der Waals surface area contributed by atoms with Crippen molar-refractivity contribution in [2.45, 2.75) is 26.9 Å². The van der Waals surface area contributed by atoms with E-state index >= 15 is 0 Å². The Hall–Kier alpha value is -2.40. The number of benzene rings is 1. The number of nitrogens with zero attached hydrogens (tertiary/aromatic N) is 1. The summed E-state index contributed by atoms with van der Waals surface area (Å²) in [5.41, 5.74) is 2.56. The first-order valence-electron chi connectivity index (χ1n) is 7.90. The van der Waals surface area contributed by atoms with Gasteiger partial charge >= 0.3 is 0 Å². The van der Waals surface area contributed by atoms with Crippen LogP contribution in [0.2, 0.25) is 0 Å². The Labute approximate surface area is 136 Å². The van der Waals surface area contributed by atoms with Crippen molar-refractivity contribution in [3.05, 3.63) is 69.6 Å². The van der Waals surface area contributed by atoms with E-state index in [-0.39, 0.29) is 11.5 Å². The lowest BCUT2D eigenvalue weighted by molar-refractivity contribution is 0.0950. The van der Waals surface area contributed by atoms with Gasteiger partial charge in [-0.05, 0) is 30.3 Å². The van der Waals surface area contributed by atoms with Crippen LogP contribution >= 0.6 is 0 Å². The molecule has 0 fully saturated rings. The molecule has 0 aliphatic rings. The highest BCUT2D eigenvalue weighted by atomic mass is 16.1. The van der Waals surface area contributed by atoms with E-state index in [9.17, 15) is 9.59 Å². The fourth-order valence-electron chi connectivity index (χ4n) is 2.40. The molecule has 0 radical (unpaired) electrons. The summed E-state index contributed by atoms with van der Waals surface area (Å²) in [6.45, 7) is 7.62. The maximum absolute atomic E-state index is 12.1. The first-order valence-corrected chi connectivity index (χ1v) is 7.90. The summed E-state index contributed by atoms with van der Waals surface area (Å²) >= 11 is 0. The standard InChI is InChI=1S/C18H23N3O2/c1-3-21(4-2)13-16-8-6-5-7-14(16)11-20-18(23)15-9-10-17(22)19-12-15/h5-10,12H,3-4,11,13H2,1-2H3,(H,19,22)(H,20,23). The van der Waals surface area contributed by atoms with Crippen LogP contribution in [0.3, 0.4) is 0 Å². The number of H-pyrrole nitrogens is 1. The molecule has 5 nitrogen and oxygen atoms in total. The van der Waals surface area contributed by atoms with Gasteiger partial charge in [0, 0.05) is 25.4 Å². The molecule has 2 N–H and O–H groups in total. The van der Waals surface area contributed by atoms with Gasteiger partial charge in [-0.15, -0.1) is 0 Å². The number of pyridine rings is 1. The Morgan fingerprint density at radius 2 is 1.78 bits per heavy atom. The van der Waals surface area contributed by atoms with Crippen LogP contribution in [0.4, 0.5) is 0 Å². The van der Waals surface area contributed by atoms with Crippen molar-refractivity contribution in [3.63, 3.8) is 0 Å². The van der Waals surface area contributed by atoms with Gasteiger partial charge in [0.05, 0.1) is 5.56 Å². The Morgan fingerprint density at radius 1 is 1.09 bits per heavy atom. The van der Waals surface area contributed by atoms with Crippen molar-refractivity contribution in [2.75, 3.05) is 13.1 Å². The molecule has 23 heavy (non-hydrogen) atoms. The number of hydrogen-bond donors (Lipinski definition) is 2. The maximum Gasteiger partial charge on any atom is 0.253 e. The third-order valence-electron chi connectivity index (χ3n) is 3.89. The highest BCUT2D eigenvalue weighted by Crippen LogP contribution is 2.12. The molecule has 1 aromatic heterocycles. The number of rotatable bonds is 7. The number of aromatic nitrogens is 1. The van der Waals surface area contributed by atoms with E-state index in [2.05, 4.69) is 35.1 Å².